The summed E-state index contributed by atoms with van der Waals surface area (Å²) >= 11 is 2.92. The first-order valence-corrected chi connectivity index (χ1v) is 4.62. The van der Waals surface area contributed by atoms with Crippen LogP contribution in [0.2, 0.25) is 0 Å². The van der Waals surface area contributed by atoms with Crippen LogP contribution in [0.1, 0.15) is 5.56 Å². The summed E-state index contributed by atoms with van der Waals surface area (Å²) in [6, 6.07) is 2.22. The average molecular weight is 283 g/mol. The molecular formula is C9H3BrF4O. The van der Waals surface area contributed by atoms with Gasteiger partial charge in [0.1, 0.15) is 11.8 Å². The lowest BCUT2D eigenvalue weighted by atomic mass is 10.1. The van der Waals surface area contributed by atoms with E-state index in [9.17, 15) is 17.6 Å². The molecule has 0 aliphatic rings. The molecule has 0 N–H and O–H groups in total. The zero-order valence-corrected chi connectivity index (χ0v) is 8.62. The molecule has 1 aromatic carbocycles. The summed E-state index contributed by atoms with van der Waals surface area (Å²) in [7, 11) is 0. The Morgan fingerprint density at radius 2 is 1.87 bits per heavy atom. The van der Waals surface area contributed by atoms with E-state index in [1.165, 1.54) is 6.07 Å². The van der Waals surface area contributed by atoms with Crippen molar-refractivity contribution in [2.75, 3.05) is 0 Å². The third-order valence-electron chi connectivity index (χ3n) is 1.90. The average Bonchev–Trinajstić information content (AvgIpc) is 2.45. The Kier molecular flexibility index (Phi) is 2.26. The second kappa shape index (κ2) is 3.23. The Balaban J connectivity index is 2.80. The molecule has 0 atom stereocenters. The molecule has 2 rings (SSSR count). The maximum Gasteiger partial charge on any atom is 0.420 e. The maximum absolute atomic E-state index is 13.2. The first-order valence-electron chi connectivity index (χ1n) is 3.83. The molecule has 0 saturated carbocycles. The van der Waals surface area contributed by atoms with Gasteiger partial charge in [-0.2, -0.15) is 13.2 Å². The second-order valence-corrected chi connectivity index (χ2v) is 3.83. The lowest BCUT2D eigenvalue weighted by Crippen LogP contribution is -2.03. The van der Waals surface area contributed by atoms with Crippen molar-refractivity contribution in [1.82, 2.24) is 0 Å². The molecule has 15 heavy (non-hydrogen) atoms. The van der Waals surface area contributed by atoms with E-state index >= 15 is 0 Å². The van der Waals surface area contributed by atoms with Crippen LogP contribution in [0.15, 0.2) is 27.3 Å². The highest BCUT2D eigenvalue weighted by Crippen LogP contribution is 2.37. The molecule has 80 valence electrons. The van der Waals surface area contributed by atoms with Crippen molar-refractivity contribution in [3.05, 3.63) is 34.2 Å². The lowest BCUT2D eigenvalue weighted by molar-refractivity contribution is -0.136. The minimum Gasteiger partial charge on any atom is -0.461 e. The van der Waals surface area contributed by atoms with Gasteiger partial charge in [-0.05, 0) is 12.1 Å². The zero-order chi connectivity index (χ0) is 11.2. The quantitative estimate of drug-likeness (QED) is 0.655. The molecule has 2 aromatic rings. The molecule has 0 bridgehead atoms. The van der Waals surface area contributed by atoms with Gasteiger partial charge in [-0.1, -0.05) is 15.9 Å². The van der Waals surface area contributed by atoms with E-state index in [0.29, 0.717) is 6.26 Å². The summed E-state index contributed by atoms with van der Waals surface area (Å²) in [5.74, 6) is -0.824. The third kappa shape index (κ3) is 1.73. The molecule has 0 saturated heterocycles. The van der Waals surface area contributed by atoms with Gasteiger partial charge in [0, 0.05) is 9.86 Å². The predicted octanol–water partition coefficient (Wildman–Crippen LogP) is 4.35. The van der Waals surface area contributed by atoms with E-state index in [2.05, 4.69) is 20.3 Å². The standard InChI is InChI=1S/C9H3BrF4O/c10-4-1-5-6(9(12,13)14)3-15-8(5)7(11)2-4/h1-3H. The largest absolute Gasteiger partial charge is 0.461 e. The molecule has 0 aliphatic carbocycles. The minimum atomic E-state index is -4.54. The number of furan rings is 1. The van der Waals surface area contributed by atoms with E-state index in [0.717, 1.165) is 6.07 Å². The van der Waals surface area contributed by atoms with Gasteiger partial charge < -0.3 is 4.42 Å². The molecule has 0 amide bonds. The number of fused-ring (bicyclic) bond motifs is 1. The third-order valence-corrected chi connectivity index (χ3v) is 2.36. The summed E-state index contributed by atoms with van der Waals surface area (Å²) in [5, 5.41) is -0.283. The lowest BCUT2D eigenvalue weighted by Gasteiger charge is -2.02. The van der Waals surface area contributed by atoms with Crippen LogP contribution in [0.4, 0.5) is 17.6 Å². The monoisotopic (exact) mass is 282 g/mol. The highest BCUT2D eigenvalue weighted by atomic mass is 79.9. The van der Waals surface area contributed by atoms with Crippen molar-refractivity contribution in [2.24, 2.45) is 0 Å². The van der Waals surface area contributed by atoms with Crippen molar-refractivity contribution in [3.8, 4) is 0 Å². The van der Waals surface area contributed by atoms with Gasteiger partial charge in [-0.15, -0.1) is 0 Å². The fourth-order valence-corrected chi connectivity index (χ4v) is 1.71. The van der Waals surface area contributed by atoms with Crippen LogP contribution in [0.5, 0.6) is 0 Å². The highest BCUT2D eigenvalue weighted by Gasteiger charge is 2.35. The molecule has 0 fully saturated rings. The van der Waals surface area contributed by atoms with Crippen molar-refractivity contribution in [3.63, 3.8) is 0 Å². The van der Waals surface area contributed by atoms with Crippen LogP contribution >= 0.6 is 15.9 Å². The molecule has 1 aromatic heterocycles. The first kappa shape index (κ1) is 10.5. The molecular weight excluding hydrogens is 280 g/mol. The molecule has 1 nitrogen and oxygen atoms in total. The van der Waals surface area contributed by atoms with E-state index < -0.39 is 17.6 Å². The van der Waals surface area contributed by atoms with Gasteiger partial charge in [0.2, 0.25) is 0 Å². The van der Waals surface area contributed by atoms with Crippen LogP contribution in [-0.4, -0.2) is 0 Å². The van der Waals surface area contributed by atoms with Crippen molar-refractivity contribution in [1.29, 1.82) is 0 Å². The van der Waals surface area contributed by atoms with E-state index in [1.807, 2.05) is 0 Å². The highest BCUT2D eigenvalue weighted by molar-refractivity contribution is 9.10. The SMILES string of the molecule is Fc1cc(Br)cc2c(C(F)(F)F)coc12. The van der Waals surface area contributed by atoms with Crippen molar-refractivity contribution >= 4 is 26.9 Å². The minimum absolute atomic E-state index is 0.236. The molecule has 0 unspecified atom stereocenters. The molecule has 0 spiro atoms. The summed E-state index contributed by atoms with van der Waals surface area (Å²) in [4.78, 5) is 0. The summed E-state index contributed by atoms with van der Waals surface area (Å²) < 4.78 is 55.2. The van der Waals surface area contributed by atoms with Crippen molar-refractivity contribution in [2.45, 2.75) is 6.18 Å². The Morgan fingerprint density at radius 1 is 1.20 bits per heavy atom. The van der Waals surface area contributed by atoms with Crippen LogP contribution in [0.25, 0.3) is 11.0 Å². The van der Waals surface area contributed by atoms with Crippen LogP contribution in [0.3, 0.4) is 0 Å². The first-order chi connectivity index (χ1) is 6.89. The van der Waals surface area contributed by atoms with E-state index in [-0.39, 0.29) is 15.4 Å². The van der Waals surface area contributed by atoms with Gasteiger partial charge in [-0.25, -0.2) is 4.39 Å². The smallest absolute Gasteiger partial charge is 0.420 e. The molecule has 0 radical (unpaired) electrons. The number of halogens is 5. The van der Waals surface area contributed by atoms with Gasteiger partial charge in [-0.3, -0.25) is 0 Å². The fourth-order valence-electron chi connectivity index (χ4n) is 1.28. The molecule has 1 heterocycles. The van der Waals surface area contributed by atoms with Crippen LogP contribution in [-0.2, 0) is 6.18 Å². The number of alkyl halides is 3. The van der Waals surface area contributed by atoms with Crippen LogP contribution < -0.4 is 0 Å². The summed E-state index contributed by atoms with van der Waals surface area (Å²) in [6.45, 7) is 0. The number of rotatable bonds is 0. The number of hydrogen-bond acceptors (Lipinski definition) is 1. The van der Waals surface area contributed by atoms with Gasteiger partial charge in [0.05, 0.1) is 0 Å². The van der Waals surface area contributed by atoms with E-state index in [1.54, 1.807) is 0 Å². The predicted molar refractivity (Wildman–Crippen MR) is 48.9 cm³/mol. The summed E-state index contributed by atoms with van der Waals surface area (Å²) in [5.41, 5.74) is -1.36. The van der Waals surface area contributed by atoms with Crippen molar-refractivity contribution < 1.29 is 22.0 Å². The van der Waals surface area contributed by atoms with Gasteiger partial charge >= 0.3 is 6.18 Å². The molecule has 0 aliphatic heterocycles. The Bertz CT molecular complexity index is 515. The fraction of sp³-hybridized carbons (Fsp3) is 0.111. The Hall–Kier alpha value is -1.04. The second-order valence-electron chi connectivity index (χ2n) is 2.91. The number of benzene rings is 1. The van der Waals surface area contributed by atoms with Gasteiger partial charge in [0.25, 0.3) is 0 Å². The number of hydrogen-bond donors (Lipinski definition) is 0. The topological polar surface area (TPSA) is 13.1 Å². The zero-order valence-electron chi connectivity index (χ0n) is 7.03. The normalized spacial score (nSPS) is 12.3. The molecule has 6 heteroatoms. The maximum atomic E-state index is 13.2. The Labute approximate surface area is 89.8 Å². The van der Waals surface area contributed by atoms with E-state index in [4.69, 9.17) is 0 Å². The van der Waals surface area contributed by atoms with Gasteiger partial charge in [0.15, 0.2) is 11.4 Å². The Morgan fingerprint density at radius 3 is 2.47 bits per heavy atom. The van der Waals surface area contributed by atoms with Crippen LogP contribution in [0, 0.1) is 5.82 Å². The summed E-state index contributed by atoms with van der Waals surface area (Å²) in [6.07, 6.45) is -4.03.